The van der Waals surface area contributed by atoms with E-state index in [1.165, 1.54) is 12.1 Å². The van der Waals surface area contributed by atoms with E-state index < -0.39 is 17.6 Å². The maximum absolute atomic E-state index is 12.9. The molecule has 1 saturated heterocycles. The quantitative estimate of drug-likeness (QED) is 0.685. The van der Waals surface area contributed by atoms with Gasteiger partial charge in [-0.2, -0.15) is 13.2 Å². The van der Waals surface area contributed by atoms with Gasteiger partial charge in [0.25, 0.3) is 5.91 Å². The normalized spacial score (nSPS) is 14.4. The van der Waals surface area contributed by atoms with Gasteiger partial charge in [-0.3, -0.25) is 9.78 Å². The highest BCUT2D eigenvalue weighted by Gasteiger charge is 2.31. The number of benzene rings is 1. The third kappa shape index (κ3) is 4.90. The van der Waals surface area contributed by atoms with E-state index >= 15 is 0 Å². The molecule has 0 saturated carbocycles. The maximum atomic E-state index is 12.9. The number of anilines is 3. The van der Waals surface area contributed by atoms with Crippen molar-refractivity contribution in [2.45, 2.75) is 6.18 Å². The van der Waals surface area contributed by atoms with Crippen molar-refractivity contribution in [2.75, 3.05) is 36.4 Å². The monoisotopic (exact) mass is 428 g/mol. The first-order valence-corrected chi connectivity index (χ1v) is 9.62. The predicted molar refractivity (Wildman–Crippen MR) is 109 cm³/mol. The van der Waals surface area contributed by atoms with Crippen LogP contribution in [0, 0.1) is 0 Å². The highest BCUT2D eigenvalue weighted by atomic mass is 19.4. The molecule has 10 heteroatoms. The van der Waals surface area contributed by atoms with Crippen LogP contribution < -0.4 is 10.2 Å². The summed E-state index contributed by atoms with van der Waals surface area (Å²) in [4.78, 5) is 20.1. The summed E-state index contributed by atoms with van der Waals surface area (Å²) in [6.07, 6.45) is -1.14. The van der Waals surface area contributed by atoms with E-state index in [0.29, 0.717) is 37.8 Å². The molecule has 0 bridgehead atoms. The van der Waals surface area contributed by atoms with Crippen LogP contribution in [0.25, 0.3) is 0 Å². The number of amides is 1. The minimum absolute atomic E-state index is 0.0367. The van der Waals surface area contributed by atoms with Gasteiger partial charge in [-0.25, -0.2) is 0 Å². The third-order valence-electron chi connectivity index (χ3n) is 4.93. The Kier molecular flexibility index (Phi) is 5.70. The SMILES string of the molecule is O=C(c1cccc(C(F)(F)F)c1)N1CCN(c2ccc(Nc3ccncc3)nn2)CC1. The molecular formula is C21H19F3N6O. The molecule has 1 amide bonds. The van der Waals surface area contributed by atoms with Crippen LogP contribution in [0.1, 0.15) is 15.9 Å². The smallest absolute Gasteiger partial charge is 0.352 e. The molecular weight excluding hydrogens is 409 g/mol. The standard InChI is InChI=1S/C21H19F3N6O/c22-21(23,24)16-3-1-2-15(14-16)20(31)30-12-10-29(11-13-30)19-5-4-18(27-28-19)26-17-6-8-25-9-7-17/h1-9,14H,10-13H2,(H,25,26,27). The van der Waals surface area contributed by atoms with E-state index in [0.717, 1.165) is 17.8 Å². The van der Waals surface area contributed by atoms with Gasteiger partial charge < -0.3 is 15.1 Å². The lowest BCUT2D eigenvalue weighted by molar-refractivity contribution is -0.137. The van der Waals surface area contributed by atoms with Crippen LogP contribution in [0.5, 0.6) is 0 Å². The highest BCUT2D eigenvalue weighted by Crippen LogP contribution is 2.30. The van der Waals surface area contributed by atoms with Gasteiger partial charge in [0.1, 0.15) is 0 Å². The fraction of sp³-hybridized carbons (Fsp3) is 0.238. The van der Waals surface area contributed by atoms with Crippen molar-refractivity contribution >= 4 is 23.2 Å². The number of alkyl halides is 3. The molecule has 160 valence electrons. The first kappa shape index (κ1) is 20.6. The average Bonchev–Trinajstić information content (AvgIpc) is 2.79. The number of carbonyl (C=O) groups excluding carboxylic acids is 1. The molecule has 2 aromatic heterocycles. The van der Waals surface area contributed by atoms with Gasteiger partial charge in [-0.05, 0) is 42.5 Å². The highest BCUT2D eigenvalue weighted by molar-refractivity contribution is 5.94. The molecule has 0 radical (unpaired) electrons. The molecule has 4 rings (SSSR count). The zero-order valence-corrected chi connectivity index (χ0v) is 16.4. The van der Waals surface area contributed by atoms with Crippen molar-refractivity contribution < 1.29 is 18.0 Å². The Morgan fingerprint density at radius 3 is 2.32 bits per heavy atom. The topological polar surface area (TPSA) is 74.2 Å². The summed E-state index contributed by atoms with van der Waals surface area (Å²) in [5.74, 6) is 0.855. The molecule has 1 N–H and O–H groups in total. The van der Waals surface area contributed by atoms with Crippen LogP contribution in [0.4, 0.5) is 30.5 Å². The average molecular weight is 428 g/mol. The Balaban J connectivity index is 1.36. The number of carbonyl (C=O) groups is 1. The van der Waals surface area contributed by atoms with Gasteiger partial charge in [0.05, 0.1) is 5.56 Å². The molecule has 3 heterocycles. The summed E-state index contributed by atoms with van der Waals surface area (Å²) in [7, 11) is 0. The van der Waals surface area contributed by atoms with Crippen LogP contribution in [-0.2, 0) is 6.18 Å². The molecule has 0 aliphatic carbocycles. The van der Waals surface area contributed by atoms with Gasteiger partial charge in [0, 0.05) is 49.8 Å². The van der Waals surface area contributed by atoms with Crippen LogP contribution in [0.3, 0.4) is 0 Å². The van der Waals surface area contributed by atoms with E-state index in [-0.39, 0.29) is 5.56 Å². The first-order chi connectivity index (χ1) is 14.9. The summed E-state index contributed by atoms with van der Waals surface area (Å²) < 4.78 is 38.7. The predicted octanol–water partition coefficient (Wildman–Crippen LogP) is 3.60. The van der Waals surface area contributed by atoms with Crippen molar-refractivity contribution in [3.63, 3.8) is 0 Å². The number of halogens is 3. The van der Waals surface area contributed by atoms with Crippen LogP contribution >= 0.6 is 0 Å². The number of hydrogen-bond acceptors (Lipinski definition) is 6. The number of nitrogens with one attached hydrogen (secondary N) is 1. The van der Waals surface area contributed by atoms with Crippen molar-refractivity contribution in [1.82, 2.24) is 20.1 Å². The molecule has 0 atom stereocenters. The summed E-state index contributed by atoms with van der Waals surface area (Å²) >= 11 is 0. The Labute approximate surface area is 176 Å². The number of hydrogen-bond donors (Lipinski definition) is 1. The van der Waals surface area contributed by atoms with E-state index in [4.69, 9.17) is 0 Å². The third-order valence-corrected chi connectivity index (χ3v) is 4.93. The zero-order chi connectivity index (χ0) is 21.8. The van der Waals surface area contributed by atoms with Gasteiger partial charge in [-0.15, -0.1) is 10.2 Å². The van der Waals surface area contributed by atoms with Crippen LogP contribution in [0.2, 0.25) is 0 Å². The lowest BCUT2D eigenvalue weighted by atomic mass is 10.1. The fourth-order valence-corrected chi connectivity index (χ4v) is 3.29. The molecule has 1 aliphatic rings. The Hall–Kier alpha value is -3.69. The lowest BCUT2D eigenvalue weighted by Gasteiger charge is -2.35. The minimum Gasteiger partial charge on any atom is -0.352 e. The summed E-state index contributed by atoms with van der Waals surface area (Å²) in [6, 6.07) is 11.8. The molecule has 1 aromatic carbocycles. The second kappa shape index (κ2) is 8.58. The molecule has 7 nitrogen and oxygen atoms in total. The number of piperazine rings is 1. The number of nitrogens with zero attached hydrogens (tertiary/aromatic N) is 5. The molecule has 3 aromatic rings. The lowest BCUT2D eigenvalue weighted by Crippen LogP contribution is -2.49. The van der Waals surface area contributed by atoms with Crippen molar-refractivity contribution in [2.24, 2.45) is 0 Å². The van der Waals surface area contributed by atoms with Crippen LogP contribution in [-0.4, -0.2) is 52.2 Å². The molecule has 1 fully saturated rings. The van der Waals surface area contributed by atoms with Crippen molar-refractivity contribution in [3.8, 4) is 0 Å². The zero-order valence-electron chi connectivity index (χ0n) is 16.4. The van der Waals surface area contributed by atoms with Crippen molar-refractivity contribution in [1.29, 1.82) is 0 Å². The largest absolute Gasteiger partial charge is 0.416 e. The van der Waals surface area contributed by atoms with E-state index in [1.807, 2.05) is 29.2 Å². The van der Waals surface area contributed by atoms with Gasteiger partial charge in [-0.1, -0.05) is 6.07 Å². The summed E-state index contributed by atoms with van der Waals surface area (Å²) in [5.41, 5.74) is 0.0566. The second-order valence-electron chi connectivity index (χ2n) is 7.00. The Bertz CT molecular complexity index is 1030. The van der Waals surface area contributed by atoms with E-state index in [2.05, 4.69) is 20.5 Å². The summed E-state index contributed by atoms with van der Waals surface area (Å²) in [5, 5.41) is 11.5. The molecule has 0 unspecified atom stereocenters. The minimum atomic E-state index is -4.48. The Morgan fingerprint density at radius 2 is 1.68 bits per heavy atom. The Morgan fingerprint density at radius 1 is 0.935 bits per heavy atom. The maximum Gasteiger partial charge on any atom is 0.416 e. The number of rotatable bonds is 4. The fourth-order valence-electron chi connectivity index (χ4n) is 3.29. The molecule has 31 heavy (non-hydrogen) atoms. The van der Waals surface area contributed by atoms with E-state index in [9.17, 15) is 18.0 Å². The number of aromatic nitrogens is 3. The second-order valence-corrected chi connectivity index (χ2v) is 7.00. The van der Waals surface area contributed by atoms with Crippen LogP contribution in [0.15, 0.2) is 60.9 Å². The first-order valence-electron chi connectivity index (χ1n) is 9.62. The van der Waals surface area contributed by atoms with Gasteiger partial charge >= 0.3 is 6.18 Å². The van der Waals surface area contributed by atoms with E-state index in [1.54, 1.807) is 17.3 Å². The van der Waals surface area contributed by atoms with Gasteiger partial charge in [0.2, 0.25) is 0 Å². The number of pyridine rings is 1. The van der Waals surface area contributed by atoms with Crippen molar-refractivity contribution in [3.05, 3.63) is 72.1 Å². The molecule has 1 aliphatic heterocycles. The van der Waals surface area contributed by atoms with Gasteiger partial charge in [0.15, 0.2) is 11.6 Å². The summed E-state index contributed by atoms with van der Waals surface area (Å²) in [6.45, 7) is 1.79. The molecule has 0 spiro atoms.